The molecule has 1 aromatic carbocycles. The van der Waals surface area contributed by atoms with Crippen molar-refractivity contribution in [3.63, 3.8) is 0 Å². The number of aryl methyl sites for hydroxylation is 2. The maximum Gasteiger partial charge on any atom is 0.109 e. The van der Waals surface area contributed by atoms with E-state index in [0.29, 0.717) is 0 Å². The molecule has 0 bridgehead atoms. The van der Waals surface area contributed by atoms with Crippen LogP contribution in [0.1, 0.15) is 57.7 Å². The number of para-hydroxylation sites is 2. The highest BCUT2D eigenvalue weighted by Gasteiger charge is 2.09. The summed E-state index contributed by atoms with van der Waals surface area (Å²) in [6.07, 6.45) is 9.53. The van der Waals surface area contributed by atoms with E-state index in [4.69, 9.17) is 10.1 Å². The van der Waals surface area contributed by atoms with Gasteiger partial charge in [0.15, 0.2) is 0 Å². The fourth-order valence-corrected chi connectivity index (χ4v) is 2.85. The molecule has 0 unspecified atom stereocenters. The van der Waals surface area contributed by atoms with E-state index in [1.807, 2.05) is 6.07 Å². The lowest BCUT2D eigenvalue weighted by Crippen LogP contribution is -2.05. The zero-order valence-corrected chi connectivity index (χ0v) is 13.2. The molecule has 0 aliphatic carbocycles. The third kappa shape index (κ3) is 4.57. The van der Waals surface area contributed by atoms with E-state index in [1.165, 1.54) is 44.0 Å². The van der Waals surface area contributed by atoms with Crippen LogP contribution in [0.5, 0.6) is 0 Å². The lowest BCUT2D eigenvalue weighted by Gasteiger charge is -2.09. The van der Waals surface area contributed by atoms with E-state index in [2.05, 4.69) is 29.7 Å². The summed E-state index contributed by atoms with van der Waals surface area (Å²) in [7, 11) is 0. The molecule has 1 aromatic heterocycles. The van der Waals surface area contributed by atoms with Gasteiger partial charge in [0.2, 0.25) is 0 Å². The quantitative estimate of drug-likeness (QED) is 0.661. The van der Waals surface area contributed by atoms with Crippen molar-refractivity contribution in [3.8, 4) is 0 Å². The predicted molar refractivity (Wildman–Crippen MR) is 88.5 cm³/mol. The van der Waals surface area contributed by atoms with Crippen molar-refractivity contribution >= 4 is 11.0 Å². The van der Waals surface area contributed by atoms with Crippen LogP contribution >= 0.6 is 0 Å². The Hall–Kier alpha value is -1.35. The summed E-state index contributed by atoms with van der Waals surface area (Å²) in [5, 5.41) is 9.05. The van der Waals surface area contributed by atoms with Crippen molar-refractivity contribution in [3.05, 3.63) is 30.1 Å². The molecule has 0 aliphatic rings. The smallest absolute Gasteiger partial charge is 0.109 e. The molecule has 3 nitrogen and oxygen atoms in total. The molecule has 3 heteroatoms. The van der Waals surface area contributed by atoms with Gasteiger partial charge in [-0.05, 0) is 25.0 Å². The molecule has 116 valence electrons. The topological polar surface area (TPSA) is 38.0 Å². The maximum atomic E-state index is 9.05. The third-order valence-electron chi connectivity index (χ3n) is 4.03. The summed E-state index contributed by atoms with van der Waals surface area (Å²) in [5.74, 6) is 1.12. The molecule has 0 radical (unpaired) electrons. The molecule has 0 saturated carbocycles. The minimum atomic E-state index is 0.236. The Morgan fingerprint density at radius 3 is 2.57 bits per heavy atom. The fourth-order valence-electron chi connectivity index (χ4n) is 2.85. The molecular formula is C18H28N2O. The first kappa shape index (κ1) is 16.0. The van der Waals surface area contributed by atoms with E-state index < -0.39 is 0 Å². The van der Waals surface area contributed by atoms with Crippen LogP contribution in [-0.2, 0) is 13.0 Å². The van der Waals surface area contributed by atoms with E-state index in [0.717, 1.165) is 30.7 Å². The molecule has 0 aliphatic heterocycles. The molecule has 0 fully saturated rings. The summed E-state index contributed by atoms with van der Waals surface area (Å²) < 4.78 is 2.35. The number of hydrogen-bond donors (Lipinski definition) is 1. The standard InChI is InChI=1S/C18H28N2O/c1-2-3-4-5-6-9-14-20-17-12-8-7-11-16(17)19-18(20)13-10-15-21/h7-8,11-12,21H,2-6,9-10,13-15H2,1H3. The van der Waals surface area contributed by atoms with E-state index >= 15 is 0 Å². The van der Waals surface area contributed by atoms with Gasteiger partial charge in [0.1, 0.15) is 5.82 Å². The van der Waals surface area contributed by atoms with Crippen molar-refractivity contribution in [2.75, 3.05) is 6.61 Å². The fraction of sp³-hybridized carbons (Fsp3) is 0.611. The van der Waals surface area contributed by atoms with Gasteiger partial charge in [0.25, 0.3) is 0 Å². The second kappa shape index (κ2) is 8.83. The highest BCUT2D eigenvalue weighted by Crippen LogP contribution is 2.18. The van der Waals surface area contributed by atoms with Crippen LogP contribution in [0.3, 0.4) is 0 Å². The third-order valence-corrected chi connectivity index (χ3v) is 4.03. The Morgan fingerprint density at radius 2 is 1.76 bits per heavy atom. The average Bonchev–Trinajstić information content (AvgIpc) is 2.86. The number of unbranched alkanes of at least 4 members (excludes halogenated alkanes) is 5. The summed E-state index contributed by atoms with van der Waals surface area (Å²) in [5.41, 5.74) is 2.32. The van der Waals surface area contributed by atoms with Gasteiger partial charge < -0.3 is 9.67 Å². The zero-order valence-electron chi connectivity index (χ0n) is 13.2. The number of hydrogen-bond acceptors (Lipinski definition) is 2. The molecule has 21 heavy (non-hydrogen) atoms. The summed E-state index contributed by atoms with van der Waals surface area (Å²) in [4.78, 5) is 4.73. The van der Waals surface area contributed by atoms with Gasteiger partial charge >= 0.3 is 0 Å². The Labute approximate surface area is 128 Å². The first-order chi connectivity index (χ1) is 10.4. The van der Waals surface area contributed by atoms with Crippen LogP contribution in [-0.4, -0.2) is 21.3 Å². The average molecular weight is 288 g/mol. The highest BCUT2D eigenvalue weighted by molar-refractivity contribution is 5.75. The molecule has 0 saturated heterocycles. The monoisotopic (exact) mass is 288 g/mol. The van der Waals surface area contributed by atoms with Gasteiger partial charge in [-0.2, -0.15) is 0 Å². The van der Waals surface area contributed by atoms with Crippen molar-refractivity contribution in [2.45, 2.75) is 64.8 Å². The number of aromatic nitrogens is 2. The number of benzene rings is 1. The van der Waals surface area contributed by atoms with Gasteiger partial charge in [-0.25, -0.2) is 4.98 Å². The molecule has 2 rings (SSSR count). The number of rotatable bonds is 10. The van der Waals surface area contributed by atoms with E-state index in [1.54, 1.807) is 0 Å². The number of fused-ring (bicyclic) bond motifs is 1. The summed E-state index contributed by atoms with van der Waals surface area (Å²) >= 11 is 0. The van der Waals surface area contributed by atoms with E-state index in [-0.39, 0.29) is 6.61 Å². The molecule has 2 aromatic rings. The molecular weight excluding hydrogens is 260 g/mol. The Balaban J connectivity index is 1.98. The second-order valence-electron chi connectivity index (χ2n) is 5.76. The van der Waals surface area contributed by atoms with Gasteiger partial charge in [0, 0.05) is 19.6 Å². The number of imidazole rings is 1. The normalized spacial score (nSPS) is 11.3. The molecule has 0 atom stereocenters. The second-order valence-corrected chi connectivity index (χ2v) is 5.76. The van der Waals surface area contributed by atoms with Crippen LogP contribution in [0.4, 0.5) is 0 Å². The minimum Gasteiger partial charge on any atom is -0.396 e. The lowest BCUT2D eigenvalue weighted by atomic mass is 10.1. The molecule has 0 spiro atoms. The lowest BCUT2D eigenvalue weighted by molar-refractivity contribution is 0.287. The van der Waals surface area contributed by atoms with Crippen LogP contribution in [0.25, 0.3) is 11.0 Å². The van der Waals surface area contributed by atoms with Crippen LogP contribution in [0, 0.1) is 0 Å². The first-order valence-electron chi connectivity index (χ1n) is 8.41. The Bertz CT molecular complexity index is 533. The summed E-state index contributed by atoms with van der Waals surface area (Å²) in [6, 6.07) is 8.36. The molecule has 1 heterocycles. The van der Waals surface area contributed by atoms with Gasteiger partial charge in [-0.15, -0.1) is 0 Å². The Morgan fingerprint density at radius 1 is 1.00 bits per heavy atom. The van der Waals surface area contributed by atoms with Crippen molar-refractivity contribution in [1.82, 2.24) is 9.55 Å². The predicted octanol–water partition coefficient (Wildman–Crippen LogP) is 4.32. The number of aliphatic hydroxyl groups excluding tert-OH is 1. The van der Waals surface area contributed by atoms with Crippen molar-refractivity contribution in [2.24, 2.45) is 0 Å². The molecule has 0 amide bonds. The van der Waals surface area contributed by atoms with E-state index in [9.17, 15) is 0 Å². The van der Waals surface area contributed by atoms with Gasteiger partial charge in [0.05, 0.1) is 11.0 Å². The van der Waals surface area contributed by atoms with Gasteiger partial charge in [-0.1, -0.05) is 51.2 Å². The number of nitrogens with zero attached hydrogens (tertiary/aromatic N) is 2. The van der Waals surface area contributed by atoms with Crippen LogP contribution in [0.15, 0.2) is 24.3 Å². The highest BCUT2D eigenvalue weighted by atomic mass is 16.2. The van der Waals surface area contributed by atoms with Crippen molar-refractivity contribution in [1.29, 1.82) is 0 Å². The summed E-state index contributed by atoms with van der Waals surface area (Å²) in [6.45, 7) is 3.54. The van der Waals surface area contributed by atoms with Crippen LogP contribution in [0.2, 0.25) is 0 Å². The van der Waals surface area contributed by atoms with Crippen LogP contribution < -0.4 is 0 Å². The van der Waals surface area contributed by atoms with Crippen molar-refractivity contribution < 1.29 is 5.11 Å². The Kier molecular flexibility index (Phi) is 6.74. The minimum absolute atomic E-state index is 0.236. The molecule has 1 N–H and O–H groups in total. The van der Waals surface area contributed by atoms with Gasteiger partial charge in [-0.3, -0.25) is 0 Å². The first-order valence-corrected chi connectivity index (χ1v) is 8.41. The number of aliphatic hydroxyl groups is 1. The zero-order chi connectivity index (χ0) is 14.9. The SMILES string of the molecule is CCCCCCCCn1c(CCCO)nc2ccccc21. The maximum absolute atomic E-state index is 9.05. The largest absolute Gasteiger partial charge is 0.396 e.